The number of pyridine rings is 1. The van der Waals surface area contributed by atoms with Gasteiger partial charge in [-0.1, -0.05) is 11.6 Å². The summed E-state index contributed by atoms with van der Waals surface area (Å²) < 4.78 is 1.66. The Morgan fingerprint density at radius 2 is 2.12 bits per heavy atom. The summed E-state index contributed by atoms with van der Waals surface area (Å²) in [5.74, 6) is 0.111. The van der Waals surface area contributed by atoms with Gasteiger partial charge in [-0.25, -0.2) is 14.5 Å². The Hall–Kier alpha value is -3.06. The van der Waals surface area contributed by atoms with Crippen LogP contribution >= 0.6 is 0 Å². The number of rotatable bonds is 1. The highest BCUT2D eigenvalue weighted by atomic mass is 16.3. The molecule has 4 heterocycles. The molecule has 7 heteroatoms. The summed E-state index contributed by atoms with van der Waals surface area (Å²) in [5.41, 5.74) is 2.03. The van der Waals surface area contributed by atoms with Crippen molar-refractivity contribution in [2.24, 2.45) is 4.99 Å². The highest BCUT2D eigenvalue weighted by Crippen LogP contribution is 2.39. The van der Waals surface area contributed by atoms with E-state index < -0.39 is 5.60 Å². The van der Waals surface area contributed by atoms with Crippen LogP contribution in [0.2, 0.25) is 0 Å². The van der Waals surface area contributed by atoms with Gasteiger partial charge >= 0.3 is 0 Å². The molecule has 0 radical (unpaired) electrons. The first-order chi connectivity index (χ1) is 12.1. The summed E-state index contributed by atoms with van der Waals surface area (Å²) in [6.45, 7) is 2.43. The van der Waals surface area contributed by atoms with Crippen molar-refractivity contribution < 1.29 is 9.90 Å². The van der Waals surface area contributed by atoms with Crippen LogP contribution in [0.4, 0.5) is 11.4 Å². The third-order valence-corrected chi connectivity index (χ3v) is 4.90. The number of aliphatic hydroxyl groups is 1. The molecule has 1 atom stereocenters. The SMILES string of the molecule is Cc1ccc2c(c1)C(=O)C1(O)CCN(c3ccn4ncnc4c3)C1=N2. The predicted octanol–water partition coefficient (Wildman–Crippen LogP) is 1.91. The molecule has 124 valence electrons. The molecular formula is C18H15N5O2. The third-order valence-electron chi connectivity index (χ3n) is 4.90. The van der Waals surface area contributed by atoms with Gasteiger partial charge in [0, 0.05) is 36.5 Å². The van der Waals surface area contributed by atoms with Gasteiger partial charge in [0.25, 0.3) is 0 Å². The van der Waals surface area contributed by atoms with Crippen molar-refractivity contribution >= 4 is 28.6 Å². The number of nitrogens with zero attached hydrogens (tertiary/aromatic N) is 5. The Kier molecular flexibility index (Phi) is 2.71. The molecule has 2 aliphatic heterocycles. The molecular weight excluding hydrogens is 318 g/mol. The number of benzene rings is 1. The standard InChI is InChI=1S/C18H15N5O2/c1-11-2-3-14-13(8-11)16(24)18(25)5-7-22(17(18)21-14)12-4-6-23-15(9-12)19-10-20-23/h2-4,6,8-10,25H,5,7H2,1H3. The van der Waals surface area contributed by atoms with Crippen molar-refractivity contribution in [1.29, 1.82) is 0 Å². The second-order valence-corrected chi connectivity index (χ2v) is 6.49. The van der Waals surface area contributed by atoms with Gasteiger partial charge in [0.05, 0.1) is 5.69 Å². The van der Waals surface area contributed by atoms with Crippen molar-refractivity contribution in [3.63, 3.8) is 0 Å². The van der Waals surface area contributed by atoms with Gasteiger partial charge in [-0.05, 0) is 25.1 Å². The Morgan fingerprint density at radius 3 is 3.00 bits per heavy atom. The zero-order valence-corrected chi connectivity index (χ0v) is 13.5. The number of aromatic nitrogens is 3. The first-order valence-electron chi connectivity index (χ1n) is 8.10. The fraction of sp³-hybridized carbons (Fsp3) is 0.222. The van der Waals surface area contributed by atoms with E-state index in [0.717, 1.165) is 11.3 Å². The molecule has 0 amide bonds. The molecule has 2 aromatic heterocycles. The summed E-state index contributed by atoms with van der Waals surface area (Å²) in [6, 6.07) is 9.29. The Labute approximate surface area is 143 Å². The largest absolute Gasteiger partial charge is 0.374 e. The minimum absolute atomic E-state index is 0.276. The second kappa shape index (κ2) is 4.73. The molecule has 1 N–H and O–H groups in total. The van der Waals surface area contributed by atoms with Crippen molar-refractivity contribution in [3.05, 3.63) is 54.0 Å². The average molecular weight is 333 g/mol. The summed E-state index contributed by atoms with van der Waals surface area (Å²) in [4.78, 5) is 23.6. The highest BCUT2D eigenvalue weighted by molar-refractivity contribution is 6.28. The van der Waals surface area contributed by atoms with Gasteiger partial charge < -0.3 is 10.0 Å². The van der Waals surface area contributed by atoms with Crippen molar-refractivity contribution in [2.75, 3.05) is 11.4 Å². The van der Waals surface area contributed by atoms with Gasteiger partial charge in [0.15, 0.2) is 11.2 Å². The van der Waals surface area contributed by atoms with Crippen LogP contribution in [0.25, 0.3) is 5.65 Å². The molecule has 7 nitrogen and oxygen atoms in total. The molecule has 0 spiro atoms. The van der Waals surface area contributed by atoms with E-state index in [9.17, 15) is 9.90 Å². The molecule has 0 aliphatic carbocycles. The molecule has 0 saturated carbocycles. The zero-order valence-electron chi connectivity index (χ0n) is 13.5. The maximum atomic E-state index is 12.9. The lowest BCUT2D eigenvalue weighted by Gasteiger charge is -2.29. The number of fused-ring (bicyclic) bond motifs is 3. The Bertz CT molecular complexity index is 1070. The lowest BCUT2D eigenvalue weighted by atomic mass is 9.87. The van der Waals surface area contributed by atoms with Crippen molar-refractivity contribution in [1.82, 2.24) is 14.6 Å². The maximum Gasteiger partial charge on any atom is 0.204 e. The van der Waals surface area contributed by atoms with Gasteiger partial charge in [0.2, 0.25) is 5.78 Å². The van der Waals surface area contributed by atoms with E-state index in [4.69, 9.17) is 0 Å². The average Bonchev–Trinajstić information content (AvgIpc) is 3.20. The van der Waals surface area contributed by atoms with Gasteiger partial charge in [-0.3, -0.25) is 4.79 Å². The van der Waals surface area contributed by atoms with Gasteiger partial charge in [0.1, 0.15) is 12.2 Å². The topological polar surface area (TPSA) is 83.1 Å². The molecule has 1 saturated heterocycles. The minimum Gasteiger partial charge on any atom is -0.374 e. The lowest BCUT2D eigenvalue weighted by molar-refractivity contribution is 0.0602. The molecule has 1 fully saturated rings. The number of carbonyl (C=O) groups excluding carboxylic acids is 1. The quantitative estimate of drug-likeness (QED) is 0.735. The Balaban J connectivity index is 1.67. The van der Waals surface area contributed by atoms with E-state index in [1.165, 1.54) is 6.33 Å². The van der Waals surface area contributed by atoms with Crippen molar-refractivity contribution in [2.45, 2.75) is 18.9 Å². The smallest absolute Gasteiger partial charge is 0.204 e. The molecule has 1 unspecified atom stereocenters. The summed E-state index contributed by atoms with van der Waals surface area (Å²) in [6.07, 6.45) is 3.60. The normalized spacial score (nSPS) is 22.1. The first kappa shape index (κ1) is 14.3. The van der Waals surface area contributed by atoms with E-state index in [0.29, 0.717) is 35.7 Å². The monoisotopic (exact) mass is 333 g/mol. The van der Waals surface area contributed by atoms with E-state index >= 15 is 0 Å². The highest BCUT2D eigenvalue weighted by Gasteiger charge is 2.52. The van der Waals surface area contributed by atoms with E-state index in [1.54, 1.807) is 16.8 Å². The summed E-state index contributed by atoms with van der Waals surface area (Å²) >= 11 is 0. The van der Waals surface area contributed by atoms with E-state index in [1.807, 2.05) is 36.1 Å². The number of aryl methyl sites for hydroxylation is 1. The number of hydrogen-bond acceptors (Lipinski definition) is 6. The lowest BCUT2D eigenvalue weighted by Crippen LogP contribution is -2.48. The molecule has 2 aliphatic rings. The van der Waals surface area contributed by atoms with Crippen LogP contribution in [-0.2, 0) is 0 Å². The van der Waals surface area contributed by atoms with Crippen LogP contribution in [0, 0.1) is 6.92 Å². The summed E-state index contributed by atoms with van der Waals surface area (Å²) in [7, 11) is 0. The minimum atomic E-state index is -1.57. The maximum absolute atomic E-state index is 12.9. The van der Waals surface area contributed by atoms with Crippen molar-refractivity contribution in [3.8, 4) is 0 Å². The summed E-state index contributed by atoms with van der Waals surface area (Å²) in [5, 5.41) is 15.2. The van der Waals surface area contributed by atoms with Crippen LogP contribution in [-0.4, -0.2) is 43.5 Å². The molecule has 5 rings (SSSR count). The molecule has 3 aromatic rings. The fourth-order valence-corrected chi connectivity index (χ4v) is 3.57. The Morgan fingerprint density at radius 1 is 1.24 bits per heavy atom. The fourth-order valence-electron chi connectivity index (χ4n) is 3.57. The molecule has 25 heavy (non-hydrogen) atoms. The van der Waals surface area contributed by atoms with E-state index in [2.05, 4.69) is 15.1 Å². The van der Waals surface area contributed by atoms with Crippen LogP contribution in [0.3, 0.4) is 0 Å². The van der Waals surface area contributed by atoms with Gasteiger partial charge in [-0.2, -0.15) is 5.10 Å². The van der Waals surface area contributed by atoms with Crippen LogP contribution in [0.15, 0.2) is 47.8 Å². The number of anilines is 1. The number of aliphatic imine (C=N–C) groups is 1. The van der Waals surface area contributed by atoms with Gasteiger partial charge in [-0.15, -0.1) is 0 Å². The number of Topliss-reactive ketones (excluding diaryl/α,β-unsaturated/α-hetero) is 1. The molecule has 0 bridgehead atoms. The predicted molar refractivity (Wildman–Crippen MR) is 92.5 cm³/mol. The van der Waals surface area contributed by atoms with Crippen LogP contribution in [0.5, 0.6) is 0 Å². The number of ketones is 1. The molecule has 1 aromatic carbocycles. The van der Waals surface area contributed by atoms with E-state index in [-0.39, 0.29) is 5.78 Å². The number of hydrogen-bond donors (Lipinski definition) is 1. The van der Waals surface area contributed by atoms with Crippen LogP contribution in [0.1, 0.15) is 22.3 Å². The number of carbonyl (C=O) groups is 1. The van der Waals surface area contributed by atoms with Crippen LogP contribution < -0.4 is 4.90 Å². The first-order valence-corrected chi connectivity index (χ1v) is 8.10. The number of amidine groups is 1. The zero-order chi connectivity index (χ0) is 17.2. The second-order valence-electron chi connectivity index (χ2n) is 6.49. The third kappa shape index (κ3) is 1.90.